The second-order valence-electron chi connectivity index (χ2n) is 4.59. The van der Waals surface area contributed by atoms with Gasteiger partial charge in [-0.25, -0.2) is 4.79 Å². The molecule has 0 bridgehead atoms. The van der Waals surface area contributed by atoms with Crippen molar-refractivity contribution in [3.05, 3.63) is 49.5 Å². The van der Waals surface area contributed by atoms with Crippen LogP contribution >= 0.6 is 15.9 Å². The molecule has 20 heavy (non-hydrogen) atoms. The van der Waals surface area contributed by atoms with Gasteiger partial charge < -0.3 is 4.98 Å². The monoisotopic (exact) mass is 340 g/mol. The molecule has 0 aliphatic carbocycles. The topological polar surface area (TPSA) is 72.7 Å². The van der Waals surface area contributed by atoms with Gasteiger partial charge in [0.05, 0.1) is 22.8 Å². The van der Waals surface area contributed by atoms with E-state index in [-0.39, 0.29) is 12.1 Å². The van der Waals surface area contributed by atoms with Gasteiger partial charge in [0.15, 0.2) is 0 Å². The predicted molar refractivity (Wildman–Crippen MR) is 80.0 cm³/mol. The van der Waals surface area contributed by atoms with E-state index in [1.807, 2.05) is 16.9 Å². The second-order valence-corrected chi connectivity index (χ2v) is 5.44. The van der Waals surface area contributed by atoms with E-state index in [1.165, 1.54) is 6.20 Å². The molecule has 0 atom stereocenters. The Hall–Kier alpha value is -1.63. The van der Waals surface area contributed by atoms with Crippen LogP contribution in [0.2, 0.25) is 0 Å². The largest absolute Gasteiger partial charge is 0.328 e. The molecule has 0 spiro atoms. The first-order valence-corrected chi connectivity index (χ1v) is 7.38. The summed E-state index contributed by atoms with van der Waals surface area (Å²) in [7, 11) is 0. The Labute approximate surface area is 124 Å². The summed E-state index contributed by atoms with van der Waals surface area (Å²) in [6.07, 6.45) is 5.23. The highest BCUT2D eigenvalue weighted by molar-refractivity contribution is 9.10. The summed E-state index contributed by atoms with van der Waals surface area (Å²) in [6.45, 7) is 4.39. The minimum atomic E-state index is -0.435. The minimum Gasteiger partial charge on any atom is -0.313 e. The van der Waals surface area contributed by atoms with Crippen molar-refractivity contribution in [2.45, 2.75) is 39.3 Å². The van der Waals surface area contributed by atoms with Crippen LogP contribution < -0.4 is 11.2 Å². The van der Waals surface area contributed by atoms with Gasteiger partial charge in [0, 0.05) is 12.4 Å². The fourth-order valence-electron chi connectivity index (χ4n) is 2.12. The zero-order valence-corrected chi connectivity index (χ0v) is 13.1. The third-order valence-electron chi connectivity index (χ3n) is 3.32. The Morgan fingerprint density at radius 2 is 2.05 bits per heavy atom. The lowest BCUT2D eigenvalue weighted by atomic mass is 10.2. The van der Waals surface area contributed by atoms with Gasteiger partial charge >= 0.3 is 5.69 Å². The van der Waals surface area contributed by atoms with Crippen LogP contribution in [0.5, 0.6) is 0 Å². The molecule has 0 aliphatic rings. The molecule has 0 aliphatic heterocycles. The summed E-state index contributed by atoms with van der Waals surface area (Å²) >= 11 is 3.12. The smallest absolute Gasteiger partial charge is 0.313 e. The number of hydrogen-bond donors (Lipinski definition) is 1. The number of halogens is 1. The molecule has 0 saturated heterocycles. The number of nitrogens with zero attached hydrogens (tertiary/aromatic N) is 3. The maximum absolute atomic E-state index is 11.9. The number of nitrogens with one attached hydrogen (secondary N) is 1. The van der Waals surface area contributed by atoms with E-state index >= 15 is 0 Å². The van der Waals surface area contributed by atoms with Gasteiger partial charge in [-0.05, 0) is 34.8 Å². The number of aromatic amines is 1. The van der Waals surface area contributed by atoms with Crippen LogP contribution in [-0.2, 0) is 6.54 Å². The molecule has 6 nitrogen and oxygen atoms in total. The van der Waals surface area contributed by atoms with Crippen molar-refractivity contribution in [3.8, 4) is 0 Å². The molecular weight excluding hydrogens is 324 g/mol. The molecule has 0 saturated carbocycles. The fraction of sp³-hybridized carbons (Fsp3) is 0.462. The molecule has 2 heterocycles. The van der Waals surface area contributed by atoms with Crippen molar-refractivity contribution in [1.29, 1.82) is 0 Å². The molecule has 1 N–H and O–H groups in total. The Bertz CT molecular complexity index is 697. The van der Waals surface area contributed by atoms with Gasteiger partial charge in [-0.1, -0.05) is 13.8 Å². The molecule has 0 radical (unpaired) electrons. The molecule has 0 amide bonds. The lowest BCUT2D eigenvalue weighted by Crippen LogP contribution is -2.35. The lowest BCUT2D eigenvalue weighted by molar-refractivity contribution is 0.424. The Morgan fingerprint density at radius 3 is 2.70 bits per heavy atom. The standard InChI is InChI=1S/C13H17BrN4O2/c1-3-10(4-2)18-6-5-9(16-18)8-17-12(19)11(14)7-15-13(17)20/h5-7,10H,3-4,8H2,1-2H3,(H,15,20). The fourth-order valence-corrected chi connectivity index (χ4v) is 2.45. The lowest BCUT2D eigenvalue weighted by Gasteiger charge is -2.12. The van der Waals surface area contributed by atoms with Crippen molar-refractivity contribution < 1.29 is 0 Å². The number of aromatic nitrogens is 4. The highest BCUT2D eigenvalue weighted by atomic mass is 79.9. The van der Waals surface area contributed by atoms with E-state index < -0.39 is 5.69 Å². The summed E-state index contributed by atoms with van der Waals surface area (Å²) in [5.74, 6) is 0. The van der Waals surface area contributed by atoms with Crippen LogP contribution in [0.15, 0.2) is 32.5 Å². The van der Waals surface area contributed by atoms with E-state index in [0.29, 0.717) is 16.2 Å². The Morgan fingerprint density at radius 1 is 1.35 bits per heavy atom. The van der Waals surface area contributed by atoms with Crippen molar-refractivity contribution in [2.24, 2.45) is 0 Å². The highest BCUT2D eigenvalue weighted by Gasteiger charge is 2.10. The maximum Gasteiger partial charge on any atom is 0.328 e. The number of rotatable bonds is 5. The molecule has 7 heteroatoms. The van der Waals surface area contributed by atoms with Gasteiger partial charge in [-0.15, -0.1) is 0 Å². The van der Waals surface area contributed by atoms with Crippen LogP contribution in [-0.4, -0.2) is 19.3 Å². The van der Waals surface area contributed by atoms with Crippen molar-refractivity contribution >= 4 is 15.9 Å². The minimum absolute atomic E-state index is 0.167. The van der Waals surface area contributed by atoms with E-state index in [2.05, 4.69) is 39.9 Å². The SMILES string of the molecule is CCC(CC)n1ccc(Cn2c(=O)[nH]cc(Br)c2=O)n1. The van der Waals surface area contributed by atoms with Gasteiger partial charge in [0.25, 0.3) is 5.56 Å². The van der Waals surface area contributed by atoms with Gasteiger partial charge in [-0.3, -0.25) is 14.0 Å². The number of H-pyrrole nitrogens is 1. The van der Waals surface area contributed by atoms with Crippen LogP contribution in [0.4, 0.5) is 0 Å². The highest BCUT2D eigenvalue weighted by Crippen LogP contribution is 2.14. The van der Waals surface area contributed by atoms with Crippen LogP contribution in [0.25, 0.3) is 0 Å². The van der Waals surface area contributed by atoms with Gasteiger partial charge in [-0.2, -0.15) is 5.10 Å². The number of hydrogen-bond acceptors (Lipinski definition) is 3. The third-order valence-corrected chi connectivity index (χ3v) is 3.89. The second kappa shape index (κ2) is 6.21. The molecule has 108 valence electrons. The molecule has 0 fully saturated rings. The summed E-state index contributed by atoms with van der Waals surface area (Å²) in [5, 5.41) is 4.45. The maximum atomic E-state index is 11.9. The first-order valence-electron chi connectivity index (χ1n) is 6.58. The zero-order valence-electron chi connectivity index (χ0n) is 11.5. The van der Waals surface area contributed by atoms with Crippen molar-refractivity contribution in [3.63, 3.8) is 0 Å². The van der Waals surface area contributed by atoms with Gasteiger partial charge in [0.1, 0.15) is 0 Å². The molecule has 0 aromatic carbocycles. The summed E-state index contributed by atoms with van der Waals surface area (Å²) in [4.78, 5) is 26.1. The van der Waals surface area contributed by atoms with E-state index in [0.717, 1.165) is 17.4 Å². The summed E-state index contributed by atoms with van der Waals surface area (Å²) in [6, 6.07) is 2.19. The first kappa shape index (κ1) is 14.8. The average Bonchev–Trinajstić information content (AvgIpc) is 2.89. The van der Waals surface area contributed by atoms with Crippen LogP contribution in [0.3, 0.4) is 0 Å². The molecule has 2 rings (SSSR count). The van der Waals surface area contributed by atoms with Gasteiger partial charge in [0.2, 0.25) is 0 Å². The molecular formula is C13H17BrN4O2. The normalized spacial score (nSPS) is 11.2. The predicted octanol–water partition coefficient (Wildman–Crippen LogP) is 1.91. The quantitative estimate of drug-likeness (QED) is 0.903. The molecule has 2 aromatic rings. The van der Waals surface area contributed by atoms with Crippen LogP contribution in [0, 0.1) is 0 Å². The van der Waals surface area contributed by atoms with Crippen LogP contribution in [0.1, 0.15) is 38.4 Å². The van der Waals surface area contributed by atoms with Crippen molar-refractivity contribution in [2.75, 3.05) is 0 Å². The molecule has 0 unspecified atom stereocenters. The summed E-state index contributed by atoms with van der Waals surface area (Å²) in [5.41, 5.74) is -0.0938. The third kappa shape index (κ3) is 2.92. The average molecular weight is 341 g/mol. The Balaban J connectivity index is 2.30. The first-order chi connectivity index (χ1) is 9.56. The van der Waals surface area contributed by atoms with Crippen molar-refractivity contribution in [1.82, 2.24) is 19.3 Å². The Kier molecular flexibility index (Phi) is 4.59. The van der Waals surface area contributed by atoms with E-state index in [9.17, 15) is 9.59 Å². The summed E-state index contributed by atoms with van der Waals surface area (Å²) < 4.78 is 3.35. The van der Waals surface area contributed by atoms with E-state index in [1.54, 1.807) is 0 Å². The molecule has 2 aromatic heterocycles. The zero-order chi connectivity index (χ0) is 14.7. The van der Waals surface area contributed by atoms with E-state index in [4.69, 9.17) is 0 Å².